The highest BCUT2D eigenvalue weighted by atomic mass is 14.9. The van der Waals surface area contributed by atoms with Crippen LogP contribution in [0, 0.1) is 24.7 Å². The summed E-state index contributed by atoms with van der Waals surface area (Å²) < 4.78 is 0. The third kappa shape index (κ3) is 2.61. The third-order valence-electron chi connectivity index (χ3n) is 5.12. The van der Waals surface area contributed by atoms with Crippen LogP contribution in [0.15, 0.2) is 24.3 Å². The van der Waals surface area contributed by atoms with E-state index in [9.17, 15) is 0 Å². The first-order chi connectivity index (χ1) is 8.83. The molecule has 0 radical (unpaired) electrons. The average molecular weight is 243 g/mol. The summed E-state index contributed by atoms with van der Waals surface area (Å²) in [5.74, 6) is 3.12. The maximum absolute atomic E-state index is 3.69. The second-order valence-corrected chi connectivity index (χ2v) is 6.32. The van der Waals surface area contributed by atoms with Gasteiger partial charge in [-0.25, -0.2) is 0 Å². The fourth-order valence-corrected chi connectivity index (χ4v) is 4.03. The molecule has 2 aliphatic rings. The third-order valence-corrected chi connectivity index (χ3v) is 5.12. The van der Waals surface area contributed by atoms with E-state index in [1.54, 1.807) is 0 Å². The van der Waals surface area contributed by atoms with Gasteiger partial charge < -0.3 is 5.32 Å². The van der Waals surface area contributed by atoms with Gasteiger partial charge in [0.05, 0.1) is 0 Å². The highest BCUT2D eigenvalue weighted by molar-refractivity contribution is 5.25. The maximum Gasteiger partial charge on any atom is -0.000813 e. The van der Waals surface area contributed by atoms with E-state index in [4.69, 9.17) is 0 Å². The molecule has 0 heterocycles. The largest absolute Gasteiger partial charge is 0.316 e. The molecular formula is C17H25N. The normalized spacial score (nSPS) is 29.9. The zero-order valence-electron chi connectivity index (χ0n) is 11.5. The molecule has 0 saturated heterocycles. The molecular weight excluding hydrogens is 218 g/mol. The lowest BCUT2D eigenvalue weighted by molar-refractivity contribution is 0.320. The minimum Gasteiger partial charge on any atom is -0.316 e. The van der Waals surface area contributed by atoms with Crippen molar-refractivity contribution >= 4 is 0 Å². The Morgan fingerprint density at radius 3 is 2.78 bits per heavy atom. The fourth-order valence-electron chi connectivity index (χ4n) is 4.03. The Balaban J connectivity index is 1.39. The minimum atomic E-state index is 0.987. The van der Waals surface area contributed by atoms with Crippen molar-refractivity contribution in [3.8, 4) is 0 Å². The number of hydrogen-bond donors (Lipinski definition) is 1. The molecule has 3 unspecified atom stereocenters. The van der Waals surface area contributed by atoms with Crippen molar-refractivity contribution in [2.75, 3.05) is 13.1 Å². The van der Waals surface area contributed by atoms with Crippen LogP contribution in [0.2, 0.25) is 0 Å². The second kappa shape index (κ2) is 5.44. The van der Waals surface area contributed by atoms with Gasteiger partial charge in [0.15, 0.2) is 0 Å². The predicted octanol–water partition coefficient (Wildman–Crippen LogP) is 3.56. The first-order valence-corrected chi connectivity index (χ1v) is 7.58. The number of nitrogens with one attached hydrogen (secondary N) is 1. The van der Waals surface area contributed by atoms with E-state index >= 15 is 0 Å². The summed E-state index contributed by atoms with van der Waals surface area (Å²) in [6.07, 6.45) is 7.23. The van der Waals surface area contributed by atoms with Crippen LogP contribution in [0.4, 0.5) is 0 Å². The summed E-state index contributed by atoms with van der Waals surface area (Å²) in [7, 11) is 0. The number of rotatable bonds is 5. The molecule has 1 aromatic carbocycles. The van der Waals surface area contributed by atoms with E-state index in [-0.39, 0.29) is 0 Å². The van der Waals surface area contributed by atoms with Crippen LogP contribution in [-0.4, -0.2) is 13.1 Å². The van der Waals surface area contributed by atoms with Crippen LogP contribution in [0.3, 0.4) is 0 Å². The molecule has 2 aliphatic carbocycles. The molecule has 1 heteroatoms. The predicted molar refractivity (Wildman–Crippen MR) is 76.7 cm³/mol. The first-order valence-electron chi connectivity index (χ1n) is 7.58. The Morgan fingerprint density at radius 1 is 1.17 bits per heavy atom. The quantitative estimate of drug-likeness (QED) is 0.780. The van der Waals surface area contributed by atoms with Crippen molar-refractivity contribution in [1.82, 2.24) is 5.32 Å². The van der Waals surface area contributed by atoms with Crippen molar-refractivity contribution in [3.63, 3.8) is 0 Å². The van der Waals surface area contributed by atoms with E-state index in [0.29, 0.717) is 0 Å². The zero-order chi connectivity index (χ0) is 12.4. The van der Waals surface area contributed by atoms with E-state index < -0.39 is 0 Å². The molecule has 1 nitrogen and oxygen atoms in total. The van der Waals surface area contributed by atoms with Gasteiger partial charge in [-0.2, -0.15) is 0 Å². The van der Waals surface area contributed by atoms with Crippen molar-refractivity contribution < 1.29 is 0 Å². The van der Waals surface area contributed by atoms with E-state index in [2.05, 4.69) is 36.5 Å². The van der Waals surface area contributed by atoms with Crippen LogP contribution < -0.4 is 5.32 Å². The summed E-state index contributed by atoms with van der Waals surface area (Å²) in [5, 5.41) is 3.69. The molecule has 18 heavy (non-hydrogen) atoms. The highest BCUT2D eigenvalue weighted by Crippen LogP contribution is 2.47. The number of fused-ring (bicyclic) bond motifs is 2. The lowest BCUT2D eigenvalue weighted by Crippen LogP contribution is -2.28. The Morgan fingerprint density at radius 2 is 2.06 bits per heavy atom. The molecule has 0 spiro atoms. The van der Waals surface area contributed by atoms with Gasteiger partial charge in [-0.1, -0.05) is 30.7 Å². The molecule has 3 rings (SSSR count). The molecule has 98 valence electrons. The lowest BCUT2D eigenvalue weighted by atomic mass is 9.89. The smallest absolute Gasteiger partial charge is 0.000813 e. The highest BCUT2D eigenvalue weighted by Gasteiger charge is 2.38. The van der Waals surface area contributed by atoms with Gasteiger partial charge in [-0.05, 0) is 74.6 Å². The van der Waals surface area contributed by atoms with Crippen molar-refractivity contribution in [3.05, 3.63) is 35.4 Å². The second-order valence-electron chi connectivity index (χ2n) is 6.32. The molecule has 0 aliphatic heterocycles. The van der Waals surface area contributed by atoms with Crippen LogP contribution in [0.1, 0.15) is 36.8 Å². The van der Waals surface area contributed by atoms with Gasteiger partial charge in [0.2, 0.25) is 0 Å². The summed E-state index contributed by atoms with van der Waals surface area (Å²) in [6.45, 7) is 4.61. The van der Waals surface area contributed by atoms with Crippen LogP contribution in [0.25, 0.3) is 0 Å². The number of aryl methyl sites for hydroxylation is 1. The summed E-state index contributed by atoms with van der Waals surface area (Å²) in [6, 6.07) is 8.75. The van der Waals surface area contributed by atoms with Crippen LogP contribution >= 0.6 is 0 Å². The summed E-state index contributed by atoms with van der Waals surface area (Å²) in [5.41, 5.74) is 2.93. The Labute approximate surface area is 111 Å². The number of benzene rings is 1. The van der Waals surface area contributed by atoms with Gasteiger partial charge in [0.1, 0.15) is 0 Å². The fraction of sp³-hybridized carbons (Fsp3) is 0.647. The lowest BCUT2D eigenvalue weighted by Gasteiger charge is -2.22. The minimum absolute atomic E-state index is 0.987. The van der Waals surface area contributed by atoms with Crippen LogP contribution in [0.5, 0.6) is 0 Å². The van der Waals surface area contributed by atoms with Gasteiger partial charge in [-0.3, -0.25) is 0 Å². The summed E-state index contributed by atoms with van der Waals surface area (Å²) in [4.78, 5) is 0. The molecule has 1 aromatic rings. The average Bonchev–Trinajstić information content (AvgIpc) is 2.99. The molecule has 2 saturated carbocycles. The van der Waals surface area contributed by atoms with Gasteiger partial charge >= 0.3 is 0 Å². The monoisotopic (exact) mass is 243 g/mol. The summed E-state index contributed by atoms with van der Waals surface area (Å²) >= 11 is 0. The van der Waals surface area contributed by atoms with E-state index in [0.717, 1.165) is 24.3 Å². The van der Waals surface area contributed by atoms with Gasteiger partial charge in [0, 0.05) is 0 Å². The van der Waals surface area contributed by atoms with Gasteiger partial charge in [-0.15, -0.1) is 0 Å². The van der Waals surface area contributed by atoms with E-state index in [1.165, 1.54) is 49.8 Å². The molecule has 0 amide bonds. The molecule has 1 N–H and O–H groups in total. The van der Waals surface area contributed by atoms with Crippen molar-refractivity contribution in [1.29, 1.82) is 0 Å². The van der Waals surface area contributed by atoms with Gasteiger partial charge in [0.25, 0.3) is 0 Å². The first kappa shape index (κ1) is 12.2. The number of hydrogen-bond acceptors (Lipinski definition) is 1. The molecule has 2 fully saturated rings. The maximum atomic E-state index is 3.69. The standard InChI is InChI=1S/C17H25N/c1-13-4-2-3-5-15(13)8-9-18-12-17-11-14-6-7-16(17)10-14/h2-5,14,16-18H,6-12H2,1H3. The molecule has 3 atom stereocenters. The molecule has 2 bridgehead atoms. The Kier molecular flexibility index (Phi) is 3.69. The zero-order valence-corrected chi connectivity index (χ0v) is 11.5. The van der Waals surface area contributed by atoms with Crippen LogP contribution in [-0.2, 0) is 6.42 Å². The Hall–Kier alpha value is -0.820. The SMILES string of the molecule is Cc1ccccc1CCNCC1CC2CCC1C2. The topological polar surface area (TPSA) is 12.0 Å². The Bertz CT molecular complexity index is 398. The van der Waals surface area contributed by atoms with Crippen molar-refractivity contribution in [2.45, 2.75) is 39.0 Å². The van der Waals surface area contributed by atoms with E-state index in [1.807, 2.05) is 0 Å². The molecule has 0 aromatic heterocycles. The van der Waals surface area contributed by atoms with Crippen molar-refractivity contribution in [2.24, 2.45) is 17.8 Å².